The Hall–Kier alpha value is -2.89. The molecule has 0 aromatic carbocycles. The lowest BCUT2D eigenvalue weighted by molar-refractivity contribution is -0.115. The smallest absolute Gasteiger partial charge is 0.221 e. The summed E-state index contributed by atoms with van der Waals surface area (Å²) in [4.78, 5) is 26.9. The number of rotatable bonds is 7. The Labute approximate surface area is 186 Å². The number of likely N-dealkylation sites (tertiary alicyclic amines) is 1. The Balaban J connectivity index is 1.78. The van der Waals surface area contributed by atoms with Crippen molar-refractivity contribution < 1.29 is 9.53 Å². The van der Waals surface area contributed by atoms with Gasteiger partial charge in [0.05, 0.1) is 18.2 Å². The second-order valence-electron chi connectivity index (χ2n) is 8.14. The maximum absolute atomic E-state index is 13.4. The molecule has 6 nitrogen and oxygen atoms in total. The number of ketones is 1. The lowest BCUT2D eigenvalue weighted by atomic mass is 9.91. The van der Waals surface area contributed by atoms with Crippen LogP contribution < -0.4 is 0 Å². The normalized spacial score (nSPS) is 21.8. The van der Waals surface area contributed by atoms with Crippen LogP contribution in [0.3, 0.4) is 0 Å². The molecule has 0 aliphatic carbocycles. The molecule has 1 saturated heterocycles. The lowest BCUT2D eigenvalue weighted by Gasteiger charge is -2.22. The van der Waals surface area contributed by atoms with Crippen LogP contribution in [0.4, 0.5) is 0 Å². The number of aliphatic imine (C=N–C) groups is 2. The Morgan fingerprint density at radius 2 is 1.97 bits per heavy atom. The molecule has 0 radical (unpaired) electrons. The molecule has 0 bridgehead atoms. The Morgan fingerprint density at radius 3 is 2.58 bits per heavy atom. The summed E-state index contributed by atoms with van der Waals surface area (Å²) < 4.78 is 6.16. The molecule has 3 aliphatic rings. The molecule has 1 fully saturated rings. The van der Waals surface area contributed by atoms with Crippen molar-refractivity contribution in [1.29, 1.82) is 0 Å². The Kier molecular flexibility index (Phi) is 7.66. The summed E-state index contributed by atoms with van der Waals surface area (Å²) in [6.45, 7) is 8.00. The first-order valence-electron chi connectivity index (χ1n) is 11.2. The third-order valence-electron chi connectivity index (χ3n) is 5.51. The fourth-order valence-electron chi connectivity index (χ4n) is 3.94. The highest BCUT2D eigenvalue weighted by Crippen LogP contribution is 2.26. The van der Waals surface area contributed by atoms with Crippen LogP contribution in [0, 0.1) is 0 Å². The van der Waals surface area contributed by atoms with E-state index in [9.17, 15) is 4.79 Å². The van der Waals surface area contributed by atoms with Gasteiger partial charge in [0.25, 0.3) is 0 Å². The minimum Gasteiger partial charge on any atom is -0.445 e. The molecule has 1 unspecified atom stereocenters. The standard InChI is InChI=1S/C25H34N4O2/c1-6-12-21(20(7-2)24-18(3)26-25(27-24)28(4)5)22(30)17-19-13-8-9-14-23(31-19)29-15-10-11-16-29/h7-9,12-14,18H,6,10-11,15-17H2,1-5H3/b20-7+,21-12+. The number of Topliss-reactive ketones (excluding diaryl/α,β-unsaturated/α-hetero) is 1. The molecule has 0 spiro atoms. The van der Waals surface area contributed by atoms with Gasteiger partial charge in [-0.2, -0.15) is 0 Å². The Bertz CT molecular complexity index is 910. The van der Waals surface area contributed by atoms with Crippen molar-refractivity contribution >= 4 is 17.5 Å². The summed E-state index contributed by atoms with van der Waals surface area (Å²) in [7, 11) is 3.85. The van der Waals surface area contributed by atoms with Gasteiger partial charge in [0.1, 0.15) is 5.76 Å². The number of nitrogens with zero attached hydrogens (tertiary/aromatic N) is 4. The molecular formula is C25H34N4O2. The molecule has 6 heteroatoms. The minimum absolute atomic E-state index is 0.0328. The second kappa shape index (κ2) is 10.4. The van der Waals surface area contributed by atoms with Gasteiger partial charge >= 0.3 is 0 Å². The number of carbonyl (C=O) groups is 1. The zero-order valence-electron chi connectivity index (χ0n) is 19.4. The van der Waals surface area contributed by atoms with E-state index in [0.717, 1.165) is 36.7 Å². The van der Waals surface area contributed by atoms with Crippen molar-refractivity contribution in [3.63, 3.8) is 0 Å². The average molecular weight is 423 g/mol. The Morgan fingerprint density at radius 1 is 1.26 bits per heavy atom. The van der Waals surface area contributed by atoms with E-state index >= 15 is 0 Å². The van der Waals surface area contributed by atoms with Crippen LogP contribution in [-0.4, -0.2) is 60.5 Å². The SMILES string of the molecule is C/C=C(C1=NC(N(C)C)=NC1C)\C(=C/CC)C(=O)CC1=CC=CC=C(N2CCCC2)O1. The minimum atomic E-state index is -0.0855. The van der Waals surface area contributed by atoms with Crippen molar-refractivity contribution in [2.75, 3.05) is 27.2 Å². The number of hydrogen-bond acceptors (Lipinski definition) is 6. The van der Waals surface area contributed by atoms with E-state index in [2.05, 4.69) is 9.89 Å². The average Bonchev–Trinajstić information content (AvgIpc) is 3.35. The van der Waals surface area contributed by atoms with E-state index in [1.165, 1.54) is 12.8 Å². The molecule has 31 heavy (non-hydrogen) atoms. The van der Waals surface area contributed by atoms with Crippen LogP contribution in [0.15, 0.2) is 69.2 Å². The van der Waals surface area contributed by atoms with E-state index in [4.69, 9.17) is 9.73 Å². The molecule has 1 atom stereocenters. The highest BCUT2D eigenvalue weighted by molar-refractivity contribution is 6.21. The van der Waals surface area contributed by atoms with Crippen molar-refractivity contribution in [3.05, 3.63) is 59.2 Å². The van der Waals surface area contributed by atoms with Gasteiger partial charge in [-0.1, -0.05) is 31.2 Å². The number of allylic oxidation sites excluding steroid dienone is 8. The maximum atomic E-state index is 13.4. The highest BCUT2D eigenvalue weighted by Gasteiger charge is 2.28. The van der Waals surface area contributed by atoms with E-state index in [1.54, 1.807) is 0 Å². The quantitative estimate of drug-likeness (QED) is 0.451. The molecule has 0 aromatic rings. The monoisotopic (exact) mass is 422 g/mol. The van der Waals surface area contributed by atoms with E-state index in [0.29, 0.717) is 17.3 Å². The third kappa shape index (κ3) is 5.43. The summed E-state index contributed by atoms with van der Waals surface area (Å²) in [6, 6.07) is -0.0855. The lowest BCUT2D eigenvalue weighted by Crippen LogP contribution is -2.22. The van der Waals surface area contributed by atoms with E-state index in [-0.39, 0.29) is 18.2 Å². The van der Waals surface area contributed by atoms with Crippen molar-refractivity contribution in [2.45, 2.75) is 52.5 Å². The van der Waals surface area contributed by atoms with E-state index in [1.807, 2.05) is 76.2 Å². The van der Waals surface area contributed by atoms with Gasteiger partial charge in [0, 0.05) is 38.3 Å². The van der Waals surface area contributed by atoms with Gasteiger partial charge in [-0.05, 0) is 45.3 Å². The predicted octanol–water partition coefficient (Wildman–Crippen LogP) is 4.40. The van der Waals surface area contributed by atoms with Crippen molar-refractivity contribution in [1.82, 2.24) is 9.80 Å². The van der Waals surface area contributed by atoms with E-state index < -0.39 is 0 Å². The van der Waals surface area contributed by atoms with Crippen LogP contribution >= 0.6 is 0 Å². The third-order valence-corrected chi connectivity index (χ3v) is 5.51. The number of ether oxygens (including phenoxy) is 1. The molecule has 3 aliphatic heterocycles. The van der Waals surface area contributed by atoms with Gasteiger partial charge in [-0.15, -0.1) is 0 Å². The first-order chi connectivity index (χ1) is 14.9. The first-order valence-corrected chi connectivity index (χ1v) is 11.2. The van der Waals surface area contributed by atoms with Crippen molar-refractivity contribution in [2.24, 2.45) is 9.98 Å². The van der Waals surface area contributed by atoms with Crippen molar-refractivity contribution in [3.8, 4) is 0 Å². The highest BCUT2D eigenvalue weighted by atomic mass is 16.5. The fourth-order valence-corrected chi connectivity index (χ4v) is 3.94. The molecule has 3 rings (SSSR count). The zero-order valence-corrected chi connectivity index (χ0v) is 19.4. The van der Waals surface area contributed by atoms with Crippen LogP contribution in [0.25, 0.3) is 0 Å². The number of hydrogen-bond donors (Lipinski definition) is 0. The maximum Gasteiger partial charge on any atom is 0.221 e. The van der Waals surface area contributed by atoms with Gasteiger partial charge in [0.2, 0.25) is 5.96 Å². The fraction of sp³-hybridized carbons (Fsp3) is 0.480. The molecule has 166 valence electrons. The van der Waals surface area contributed by atoms with Gasteiger partial charge < -0.3 is 14.5 Å². The summed E-state index contributed by atoms with van der Waals surface area (Å²) >= 11 is 0. The molecule has 3 heterocycles. The largest absolute Gasteiger partial charge is 0.445 e. The molecule has 0 aromatic heterocycles. The van der Waals surface area contributed by atoms with Gasteiger partial charge in [0.15, 0.2) is 11.7 Å². The summed E-state index contributed by atoms with van der Waals surface area (Å²) in [5, 5.41) is 0. The summed E-state index contributed by atoms with van der Waals surface area (Å²) in [6.07, 6.45) is 15.1. The number of guanidine groups is 1. The first kappa shape index (κ1) is 22.8. The zero-order chi connectivity index (χ0) is 22.4. The summed E-state index contributed by atoms with van der Waals surface area (Å²) in [5.41, 5.74) is 2.39. The van der Waals surface area contributed by atoms with Crippen LogP contribution in [-0.2, 0) is 9.53 Å². The summed E-state index contributed by atoms with van der Waals surface area (Å²) in [5.74, 6) is 2.22. The molecule has 0 saturated carbocycles. The van der Waals surface area contributed by atoms with Gasteiger partial charge in [-0.25, -0.2) is 9.98 Å². The van der Waals surface area contributed by atoms with Crippen LogP contribution in [0.5, 0.6) is 0 Å². The molecular weight excluding hydrogens is 388 g/mol. The van der Waals surface area contributed by atoms with Gasteiger partial charge in [-0.3, -0.25) is 4.79 Å². The second-order valence-corrected chi connectivity index (χ2v) is 8.14. The van der Waals surface area contributed by atoms with Crippen LogP contribution in [0.1, 0.15) is 46.5 Å². The molecule has 0 N–H and O–H groups in total. The topological polar surface area (TPSA) is 57.5 Å². The van der Waals surface area contributed by atoms with Crippen LogP contribution in [0.2, 0.25) is 0 Å². The number of carbonyl (C=O) groups excluding carboxylic acids is 1. The molecule has 0 amide bonds. The predicted molar refractivity (Wildman–Crippen MR) is 127 cm³/mol.